The summed E-state index contributed by atoms with van der Waals surface area (Å²) in [5.74, 6) is -1.37. The number of hydrogen-bond donors (Lipinski definition) is 3. The minimum Gasteiger partial charge on any atom is -0.478 e. The van der Waals surface area contributed by atoms with E-state index in [2.05, 4.69) is 21.4 Å². The van der Waals surface area contributed by atoms with E-state index in [1.165, 1.54) is 0 Å². The number of amides is 1. The molecule has 5 rings (SSSR count). The molecule has 4 fully saturated rings. The Morgan fingerprint density at radius 1 is 1.11 bits per heavy atom. The van der Waals surface area contributed by atoms with Crippen molar-refractivity contribution in [2.45, 2.75) is 43.4 Å². The number of hydrazine groups is 1. The van der Waals surface area contributed by atoms with Crippen LogP contribution < -0.4 is 10.3 Å². The van der Waals surface area contributed by atoms with Gasteiger partial charge >= 0.3 is 5.97 Å². The van der Waals surface area contributed by atoms with E-state index in [-0.39, 0.29) is 10.4 Å². The third-order valence-electron chi connectivity index (χ3n) is 6.36. The van der Waals surface area contributed by atoms with Crippen LogP contribution in [0.1, 0.15) is 48.9 Å². The summed E-state index contributed by atoms with van der Waals surface area (Å²) >= 11 is 2.90. The number of carbonyl (C=O) groups excluding carboxylic acids is 1. The van der Waals surface area contributed by atoms with Gasteiger partial charge in [0.05, 0.1) is 11.0 Å². The van der Waals surface area contributed by atoms with Crippen LogP contribution >= 0.6 is 15.9 Å². The Labute approximate surface area is 170 Å². The summed E-state index contributed by atoms with van der Waals surface area (Å²) in [7, 11) is -4.47. The van der Waals surface area contributed by atoms with Gasteiger partial charge in [-0.25, -0.2) is 17.6 Å². The largest absolute Gasteiger partial charge is 0.478 e. The molecule has 0 heterocycles. The van der Waals surface area contributed by atoms with Gasteiger partial charge in [-0.15, -0.1) is 4.83 Å². The van der Waals surface area contributed by atoms with Crippen molar-refractivity contribution in [3.8, 4) is 0 Å². The van der Waals surface area contributed by atoms with E-state index in [1.54, 1.807) is 0 Å². The first kappa shape index (κ1) is 19.8. The topological polar surface area (TPSA) is 113 Å². The highest BCUT2D eigenvalue weighted by molar-refractivity contribution is 9.10. The highest BCUT2D eigenvalue weighted by Gasteiger charge is 2.54. The molecule has 4 aliphatic rings. The predicted molar refractivity (Wildman–Crippen MR) is 100 cm³/mol. The molecule has 3 N–H and O–H groups in total. The van der Waals surface area contributed by atoms with Gasteiger partial charge in [-0.05, 0) is 84.3 Å². The van der Waals surface area contributed by atoms with Crippen LogP contribution in [0.2, 0.25) is 0 Å². The van der Waals surface area contributed by atoms with E-state index < -0.39 is 37.7 Å². The van der Waals surface area contributed by atoms with E-state index in [0.717, 1.165) is 50.7 Å². The number of hydrogen-bond acceptors (Lipinski definition) is 4. The van der Waals surface area contributed by atoms with Crippen molar-refractivity contribution >= 4 is 37.8 Å². The van der Waals surface area contributed by atoms with E-state index in [4.69, 9.17) is 5.11 Å². The molecule has 0 aliphatic heterocycles. The molecular formula is C18H20BrFN2O5S. The average molecular weight is 475 g/mol. The zero-order valence-electron chi connectivity index (χ0n) is 14.9. The van der Waals surface area contributed by atoms with Crippen LogP contribution in [0.4, 0.5) is 4.39 Å². The summed E-state index contributed by atoms with van der Waals surface area (Å²) in [6.07, 6.45) is 5.67. The first-order chi connectivity index (χ1) is 13.1. The second-order valence-electron chi connectivity index (χ2n) is 8.33. The molecule has 0 unspecified atom stereocenters. The molecule has 1 aromatic carbocycles. The Hall–Kier alpha value is -1.52. The lowest BCUT2D eigenvalue weighted by Gasteiger charge is -2.55. The van der Waals surface area contributed by atoms with Gasteiger partial charge in [-0.3, -0.25) is 10.2 Å². The molecule has 7 nitrogen and oxygen atoms in total. The van der Waals surface area contributed by atoms with Gasteiger partial charge in [-0.2, -0.15) is 0 Å². The van der Waals surface area contributed by atoms with Crippen LogP contribution in [0.25, 0.3) is 0 Å². The minimum absolute atomic E-state index is 0.0750. The molecule has 1 aromatic rings. The summed E-state index contributed by atoms with van der Waals surface area (Å²) in [6, 6.07) is 1.50. The first-order valence-corrected chi connectivity index (χ1v) is 11.4. The maximum absolute atomic E-state index is 14.2. The highest BCUT2D eigenvalue weighted by Crippen LogP contribution is 2.60. The summed E-state index contributed by atoms with van der Waals surface area (Å²) in [5, 5.41) is 9.12. The van der Waals surface area contributed by atoms with E-state index in [0.29, 0.717) is 17.8 Å². The van der Waals surface area contributed by atoms with Crippen LogP contribution in [0.15, 0.2) is 21.5 Å². The van der Waals surface area contributed by atoms with Crippen LogP contribution in [0.5, 0.6) is 0 Å². The van der Waals surface area contributed by atoms with Gasteiger partial charge < -0.3 is 5.11 Å². The van der Waals surface area contributed by atoms with E-state index >= 15 is 0 Å². The van der Waals surface area contributed by atoms with Crippen molar-refractivity contribution in [1.82, 2.24) is 10.3 Å². The standard InChI is InChI=1S/C18H20BrFN2O5S/c19-13-5-14(20)15(4-12(13)16(23)24)28(26,27)22-21-17(25)18-6-9-1-10(7-18)3-11(2-9)8-18/h4-5,9-11,22H,1-3,6-8H2,(H,21,25)(H,23,24). The zero-order chi connectivity index (χ0) is 20.3. The molecule has 4 aliphatic carbocycles. The molecule has 0 radical (unpaired) electrons. The fourth-order valence-electron chi connectivity index (χ4n) is 5.59. The van der Waals surface area contributed by atoms with Crippen molar-refractivity contribution in [1.29, 1.82) is 0 Å². The third kappa shape index (κ3) is 3.35. The van der Waals surface area contributed by atoms with Crippen LogP contribution in [-0.2, 0) is 14.8 Å². The smallest absolute Gasteiger partial charge is 0.336 e. The minimum atomic E-state index is -4.47. The number of carbonyl (C=O) groups is 2. The molecule has 152 valence electrons. The normalized spacial score (nSPS) is 31.0. The fourth-order valence-corrected chi connectivity index (χ4v) is 7.00. The molecule has 0 spiro atoms. The molecule has 0 saturated heterocycles. The molecule has 1 amide bonds. The number of halogens is 2. The number of carboxylic acid groups (broad SMARTS) is 1. The second-order valence-corrected chi connectivity index (χ2v) is 10.8. The molecule has 4 bridgehead atoms. The average Bonchev–Trinajstić information content (AvgIpc) is 2.58. The molecule has 0 aromatic heterocycles. The van der Waals surface area contributed by atoms with Gasteiger partial charge in [0.15, 0.2) is 0 Å². The van der Waals surface area contributed by atoms with E-state index in [9.17, 15) is 22.4 Å². The summed E-state index contributed by atoms with van der Waals surface area (Å²) in [6.45, 7) is 0. The lowest BCUT2D eigenvalue weighted by Crippen LogP contribution is -2.56. The summed E-state index contributed by atoms with van der Waals surface area (Å²) < 4.78 is 39.1. The third-order valence-corrected chi connectivity index (χ3v) is 8.28. The Morgan fingerprint density at radius 3 is 2.14 bits per heavy atom. The fraction of sp³-hybridized carbons (Fsp3) is 0.556. The molecule has 0 atom stereocenters. The highest BCUT2D eigenvalue weighted by atomic mass is 79.9. The number of rotatable bonds is 5. The monoisotopic (exact) mass is 474 g/mol. The Kier molecular flexibility index (Phi) is 4.79. The SMILES string of the molecule is O=C(O)c1cc(S(=O)(=O)NNC(=O)C23CC4CC(CC(C4)C2)C3)c(F)cc1Br. The Balaban J connectivity index is 1.53. The van der Waals surface area contributed by atoms with Crippen molar-refractivity contribution in [3.05, 3.63) is 28.0 Å². The molecule has 4 saturated carbocycles. The van der Waals surface area contributed by atoms with Gasteiger partial charge in [-0.1, -0.05) is 0 Å². The van der Waals surface area contributed by atoms with Gasteiger partial charge in [0, 0.05) is 4.47 Å². The predicted octanol–water partition coefficient (Wildman–Crippen LogP) is 2.81. The number of aromatic carboxylic acids is 1. The van der Waals surface area contributed by atoms with E-state index in [1.807, 2.05) is 4.83 Å². The molecule has 10 heteroatoms. The quantitative estimate of drug-likeness (QED) is 0.567. The maximum atomic E-state index is 14.2. The van der Waals surface area contributed by atoms with Gasteiger partial charge in [0.2, 0.25) is 5.91 Å². The maximum Gasteiger partial charge on any atom is 0.336 e. The Bertz CT molecular complexity index is 930. The van der Waals surface area contributed by atoms with Crippen molar-refractivity contribution in [2.75, 3.05) is 0 Å². The second kappa shape index (κ2) is 6.77. The zero-order valence-corrected chi connectivity index (χ0v) is 17.3. The lowest BCUT2D eigenvalue weighted by atomic mass is 9.49. The van der Waals surface area contributed by atoms with Crippen LogP contribution in [0, 0.1) is 29.0 Å². The number of carboxylic acids is 1. The number of benzene rings is 1. The summed E-state index contributed by atoms with van der Waals surface area (Å²) in [5.41, 5.74) is 1.30. The molecular weight excluding hydrogens is 455 g/mol. The molecule has 28 heavy (non-hydrogen) atoms. The Morgan fingerprint density at radius 2 is 1.64 bits per heavy atom. The van der Waals surface area contributed by atoms with Gasteiger partial charge in [0.1, 0.15) is 10.7 Å². The van der Waals surface area contributed by atoms with Crippen LogP contribution in [0.3, 0.4) is 0 Å². The van der Waals surface area contributed by atoms with Crippen molar-refractivity contribution in [3.63, 3.8) is 0 Å². The number of sulfonamides is 1. The van der Waals surface area contributed by atoms with Crippen molar-refractivity contribution < 1.29 is 27.5 Å². The van der Waals surface area contributed by atoms with Gasteiger partial charge in [0.25, 0.3) is 10.0 Å². The van der Waals surface area contributed by atoms with Crippen molar-refractivity contribution in [2.24, 2.45) is 23.2 Å². The first-order valence-electron chi connectivity index (χ1n) is 9.14. The summed E-state index contributed by atoms with van der Waals surface area (Å²) in [4.78, 5) is 25.2. The van der Waals surface area contributed by atoms with Crippen LogP contribution in [-0.4, -0.2) is 25.4 Å². The lowest BCUT2D eigenvalue weighted by molar-refractivity contribution is -0.146. The number of nitrogens with one attached hydrogen (secondary N) is 2.